The van der Waals surface area contributed by atoms with E-state index in [4.69, 9.17) is 5.73 Å². The lowest BCUT2D eigenvalue weighted by Crippen LogP contribution is -2.06. The summed E-state index contributed by atoms with van der Waals surface area (Å²) in [7, 11) is 0. The predicted octanol–water partition coefficient (Wildman–Crippen LogP) is 2.48. The third kappa shape index (κ3) is 2.91. The molecule has 2 aromatic rings. The first-order valence-corrected chi connectivity index (χ1v) is 5.55. The highest BCUT2D eigenvalue weighted by molar-refractivity contribution is 5.99. The van der Waals surface area contributed by atoms with Gasteiger partial charge in [0.15, 0.2) is 5.78 Å². The molecule has 2 rings (SSSR count). The van der Waals surface area contributed by atoms with Gasteiger partial charge in [0, 0.05) is 12.6 Å². The van der Waals surface area contributed by atoms with Crippen LogP contribution >= 0.6 is 0 Å². The maximum atomic E-state index is 11.9. The lowest BCUT2D eigenvalue weighted by Gasteiger charge is -2.03. The number of aryl methyl sites for hydroxylation is 1. The Kier molecular flexibility index (Phi) is 3.50. The maximum Gasteiger partial charge on any atom is 0.166 e. The Hall–Kier alpha value is -2.16. The van der Waals surface area contributed by atoms with E-state index < -0.39 is 0 Å². The van der Waals surface area contributed by atoms with Crippen LogP contribution in [0.15, 0.2) is 48.7 Å². The van der Waals surface area contributed by atoms with Gasteiger partial charge in [-0.3, -0.25) is 4.79 Å². The molecule has 1 aromatic carbocycles. The SMILES string of the molecule is Nc1ncccc1C(=O)CCc1ccccc1. The molecule has 0 aliphatic carbocycles. The van der Waals surface area contributed by atoms with Crippen LogP contribution in [0, 0.1) is 0 Å². The van der Waals surface area contributed by atoms with Crippen molar-refractivity contribution in [2.45, 2.75) is 12.8 Å². The van der Waals surface area contributed by atoms with Crippen LogP contribution in [0.2, 0.25) is 0 Å². The molecule has 0 atom stereocenters. The van der Waals surface area contributed by atoms with Crippen LogP contribution < -0.4 is 5.73 Å². The molecule has 0 radical (unpaired) electrons. The molecular formula is C14H14N2O. The molecule has 2 N–H and O–H groups in total. The van der Waals surface area contributed by atoms with Gasteiger partial charge in [-0.05, 0) is 24.1 Å². The minimum absolute atomic E-state index is 0.0412. The van der Waals surface area contributed by atoms with Crippen LogP contribution in [0.5, 0.6) is 0 Å². The number of hydrogen-bond donors (Lipinski definition) is 1. The van der Waals surface area contributed by atoms with E-state index in [2.05, 4.69) is 4.98 Å². The van der Waals surface area contributed by atoms with Crippen LogP contribution in [-0.2, 0) is 6.42 Å². The molecule has 0 aliphatic rings. The summed E-state index contributed by atoms with van der Waals surface area (Å²) in [6.07, 6.45) is 2.78. The Morgan fingerprint density at radius 2 is 1.88 bits per heavy atom. The molecule has 0 bridgehead atoms. The number of pyridine rings is 1. The Labute approximate surface area is 100 Å². The standard InChI is InChI=1S/C14H14N2O/c15-14-12(7-4-10-16-14)13(17)9-8-11-5-2-1-3-6-11/h1-7,10H,8-9H2,(H2,15,16). The zero-order valence-corrected chi connectivity index (χ0v) is 9.47. The zero-order chi connectivity index (χ0) is 12.1. The Morgan fingerprint density at radius 1 is 1.12 bits per heavy atom. The first-order chi connectivity index (χ1) is 8.27. The lowest BCUT2D eigenvalue weighted by atomic mass is 10.0. The van der Waals surface area contributed by atoms with Crippen LogP contribution in [0.4, 0.5) is 5.82 Å². The van der Waals surface area contributed by atoms with E-state index in [0.29, 0.717) is 17.8 Å². The minimum atomic E-state index is 0.0412. The van der Waals surface area contributed by atoms with Crippen LogP contribution in [0.25, 0.3) is 0 Å². The van der Waals surface area contributed by atoms with Crippen molar-refractivity contribution in [1.82, 2.24) is 4.98 Å². The fourth-order valence-electron chi connectivity index (χ4n) is 1.69. The average molecular weight is 226 g/mol. The quantitative estimate of drug-likeness (QED) is 0.815. The summed E-state index contributed by atoms with van der Waals surface area (Å²) in [4.78, 5) is 15.8. The van der Waals surface area contributed by atoms with Crippen molar-refractivity contribution in [3.63, 3.8) is 0 Å². The molecule has 3 nitrogen and oxygen atoms in total. The zero-order valence-electron chi connectivity index (χ0n) is 9.47. The highest BCUT2D eigenvalue weighted by Gasteiger charge is 2.09. The molecule has 0 spiro atoms. The molecule has 86 valence electrons. The number of ketones is 1. The lowest BCUT2D eigenvalue weighted by molar-refractivity contribution is 0.0983. The number of hydrogen-bond acceptors (Lipinski definition) is 3. The third-order valence-electron chi connectivity index (χ3n) is 2.62. The van der Waals surface area contributed by atoms with Crippen molar-refractivity contribution in [1.29, 1.82) is 0 Å². The van der Waals surface area contributed by atoms with Crippen LogP contribution in [0.3, 0.4) is 0 Å². The van der Waals surface area contributed by atoms with E-state index in [0.717, 1.165) is 12.0 Å². The van der Waals surface area contributed by atoms with Crippen LogP contribution in [-0.4, -0.2) is 10.8 Å². The van der Waals surface area contributed by atoms with Gasteiger partial charge in [0.25, 0.3) is 0 Å². The second-order valence-corrected chi connectivity index (χ2v) is 3.84. The highest BCUT2D eigenvalue weighted by atomic mass is 16.1. The summed E-state index contributed by atoms with van der Waals surface area (Å²) in [5, 5.41) is 0. The number of nitrogen functional groups attached to an aromatic ring is 1. The first-order valence-electron chi connectivity index (χ1n) is 5.55. The van der Waals surface area contributed by atoms with E-state index in [1.807, 2.05) is 30.3 Å². The monoisotopic (exact) mass is 226 g/mol. The molecule has 0 amide bonds. The molecule has 1 heterocycles. The van der Waals surface area contributed by atoms with E-state index >= 15 is 0 Å². The molecule has 0 aliphatic heterocycles. The highest BCUT2D eigenvalue weighted by Crippen LogP contribution is 2.12. The number of benzene rings is 1. The molecule has 3 heteroatoms. The maximum absolute atomic E-state index is 11.9. The topological polar surface area (TPSA) is 56.0 Å². The van der Waals surface area contributed by atoms with Gasteiger partial charge in [-0.2, -0.15) is 0 Å². The number of nitrogens with two attached hydrogens (primary N) is 1. The second-order valence-electron chi connectivity index (χ2n) is 3.84. The van der Waals surface area contributed by atoms with E-state index in [1.165, 1.54) is 0 Å². The summed E-state index contributed by atoms with van der Waals surface area (Å²) in [6, 6.07) is 13.4. The summed E-state index contributed by atoms with van der Waals surface area (Å²) >= 11 is 0. The second kappa shape index (κ2) is 5.25. The largest absolute Gasteiger partial charge is 0.383 e. The number of anilines is 1. The summed E-state index contributed by atoms with van der Waals surface area (Å²) < 4.78 is 0. The minimum Gasteiger partial charge on any atom is -0.383 e. The number of Topliss-reactive ketones (excluding diaryl/α,β-unsaturated/α-hetero) is 1. The van der Waals surface area contributed by atoms with Gasteiger partial charge in [-0.15, -0.1) is 0 Å². The summed E-state index contributed by atoms with van der Waals surface area (Å²) in [5.41, 5.74) is 7.33. The first kappa shape index (κ1) is 11.3. The van der Waals surface area contributed by atoms with Crippen molar-refractivity contribution < 1.29 is 4.79 Å². The molecular weight excluding hydrogens is 212 g/mol. The van der Waals surface area contributed by atoms with E-state index in [9.17, 15) is 4.79 Å². The van der Waals surface area contributed by atoms with Crippen molar-refractivity contribution in [2.24, 2.45) is 0 Å². The Morgan fingerprint density at radius 3 is 2.59 bits per heavy atom. The summed E-state index contributed by atoms with van der Waals surface area (Å²) in [5.74, 6) is 0.352. The van der Waals surface area contributed by atoms with Crippen molar-refractivity contribution >= 4 is 11.6 Å². The molecule has 17 heavy (non-hydrogen) atoms. The Bertz CT molecular complexity index is 509. The predicted molar refractivity (Wildman–Crippen MR) is 67.7 cm³/mol. The number of nitrogens with zero attached hydrogens (tertiary/aromatic N) is 1. The normalized spacial score (nSPS) is 10.1. The Balaban J connectivity index is 2.01. The number of carbonyl (C=O) groups excluding carboxylic acids is 1. The third-order valence-corrected chi connectivity index (χ3v) is 2.62. The number of rotatable bonds is 4. The van der Waals surface area contributed by atoms with Gasteiger partial charge >= 0.3 is 0 Å². The van der Waals surface area contributed by atoms with E-state index in [1.54, 1.807) is 18.3 Å². The van der Waals surface area contributed by atoms with Gasteiger partial charge in [0.05, 0.1) is 5.56 Å². The van der Waals surface area contributed by atoms with Crippen molar-refractivity contribution in [2.75, 3.05) is 5.73 Å². The fourth-order valence-corrected chi connectivity index (χ4v) is 1.69. The average Bonchev–Trinajstić information content (AvgIpc) is 2.38. The summed E-state index contributed by atoms with van der Waals surface area (Å²) in [6.45, 7) is 0. The smallest absolute Gasteiger partial charge is 0.166 e. The van der Waals surface area contributed by atoms with Gasteiger partial charge in [-0.25, -0.2) is 4.98 Å². The van der Waals surface area contributed by atoms with Gasteiger partial charge in [-0.1, -0.05) is 30.3 Å². The van der Waals surface area contributed by atoms with Gasteiger partial charge in [0.2, 0.25) is 0 Å². The number of carbonyl (C=O) groups is 1. The molecule has 0 fully saturated rings. The molecule has 0 saturated heterocycles. The van der Waals surface area contributed by atoms with Gasteiger partial charge < -0.3 is 5.73 Å². The molecule has 0 unspecified atom stereocenters. The fraction of sp³-hybridized carbons (Fsp3) is 0.143. The van der Waals surface area contributed by atoms with E-state index in [-0.39, 0.29) is 5.78 Å². The molecule has 0 saturated carbocycles. The van der Waals surface area contributed by atoms with Crippen LogP contribution in [0.1, 0.15) is 22.3 Å². The number of aromatic nitrogens is 1. The molecule has 1 aromatic heterocycles. The van der Waals surface area contributed by atoms with Gasteiger partial charge in [0.1, 0.15) is 5.82 Å². The van der Waals surface area contributed by atoms with Crippen molar-refractivity contribution in [3.05, 3.63) is 59.8 Å². The van der Waals surface area contributed by atoms with Crippen molar-refractivity contribution in [3.8, 4) is 0 Å².